The van der Waals surface area contributed by atoms with E-state index in [0.717, 1.165) is 26.7 Å². The molecule has 0 bridgehead atoms. The maximum Gasteiger partial charge on any atom is 0.228 e. The number of aryl methyl sites for hydroxylation is 1. The van der Waals surface area contributed by atoms with Gasteiger partial charge in [-0.25, -0.2) is 9.97 Å². The van der Waals surface area contributed by atoms with E-state index in [1.807, 2.05) is 17.8 Å². The SMILES string of the molecule is Cc1cc(Nc2nccc(SCCO)n2)cc(-c2cncs2)c1. The number of thiazole rings is 1. The number of benzene rings is 1. The Morgan fingerprint density at radius 2 is 2.22 bits per heavy atom. The van der Waals surface area contributed by atoms with Crippen LogP contribution in [0.15, 0.2) is 47.2 Å². The lowest BCUT2D eigenvalue weighted by atomic mass is 10.1. The number of aliphatic hydroxyl groups excluding tert-OH is 1. The molecule has 0 aliphatic rings. The van der Waals surface area contributed by atoms with Crippen LogP contribution in [0.3, 0.4) is 0 Å². The first-order valence-corrected chi connectivity index (χ1v) is 8.95. The molecule has 0 unspecified atom stereocenters. The van der Waals surface area contributed by atoms with Crippen LogP contribution in [0.2, 0.25) is 0 Å². The van der Waals surface area contributed by atoms with E-state index in [1.54, 1.807) is 17.5 Å². The largest absolute Gasteiger partial charge is 0.396 e. The second-order valence-corrected chi connectivity index (χ2v) is 6.87. The van der Waals surface area contributed by atoms with Gasteiger partial charge in [-0.2, -0.15) is 0 Å². The molecule has 0 spiro atoms. The fraction of sp³-hybridized carbons (Fsp3) is 0.188. The Hall–Kier alpha value is -1.96. The van der Waals surface area contributed by atoms with Gasteiger partial charge in [-0.05, 0) is 36.2 Å². The summed E-state index contributed by atoms with van der Waals surface area (Å²) >= 11 is 3.12. The van der Waals surface area contributed by atoms with Crippen molar-refractivity contribution in [3.8, 4) is 10.4 Å². The number of thioether (sulfide) groups is 1. The van der Waals surface area contributed by atoms with E-state index in [4.69, 9.17) is 5.11 Å². The van der Waals surface area contributed by atoms with E-state index < -0.39 is 0 Å². The van der Waals surface area contributed by atoms with Gasteiger partial charge in [0, 0.05) is 23.8 Å². The van der Waals surface area contributed by atoms with Crippen molar-refractivity contribution in [3.05, 3.63) is 47.7 Å². The molecule has 0 fully saturated rings. The molecule has 5 nitrogen and oxygen atoms in total. The van der Waals surface area contributed by atoms with Crippen molar-refractivity contribution < 1.29 is 5.11 Å². The number of hydrogen-bond donors (Lipinski definition) is 2. The van der Waals surface area contributed by atoms with Crippen LogP contribution in [0.1, 0.15) is 5.56 Å². The first-order chi connectivity index (χ1) is 11.2. The van der Waals surface area contributed by atoms with Gasteiger partial charge in [0.2, 0.25) is 5.95 Å². The van der Waals surface area contributed by atoms with Crippen molar-refractivity contribution in [2.75, 3.05) is 17.7 Å². The first-order valence-electron chi connectivity index (χ1n) is 7.09. The molecule has 2 heterocycles. The predicted octanol–water partition coefficient (Wildman–Crippen LogP) is 3.74. The molecule has 0 saturated heterocycles. The van der Waals surface area contributed by atoms with Crippen LogP contribution in [-0.4, -0.2) is 32.4 Å². The molecule has 0 radical (unpaired) electrons. The number of rotatable bonds is 6. The minimum Gasteiger partial charge on any atom is -0.396 e. The zero-order chi connectivity index (χ0) is 16.1. The highest BCUT2D eigenvalue weighted by atomic mass is 32.2. The zero-order valence-electron chi connectivity index (χ0n) is 12.6. The lowest BCUT2D eigenvalue weighted by Gasteiger charge is -2.09. The molecule has 3 rings (SSSR count). The van der Waals surface area contributed by atoms with Crippen LogP contribution < -0.4 is 5.32 Å². The molecule has 2 N–H and O–H groups in total. The molecular formula is C16H16N4OS2. The third kappa shape index (κ3) is 4.28. The smallest absolute Gasteiger partial charge is 0.228 e. The summed E-state index contributed by atoms with van der Waals surface area (Å²) < 4.78 is 0. The summed E-state index contributed by atoms with van der Waals surface area (Å²) in [6.45, 7) is 2.19. The quantitative estimate of drug-likeness (QED) is 0.524. The first kappa shape index (κ1) is 15.9. The van der Waals surface area contributed by atoms with Gasteiger partial charge in [-0.1, -0.05) is 6.07 Å². The average molecular weight is 344 g/mol. The monoisotopic (exact) mass is 344 g/mol. The third-order valence-corrected chi connectivity index (χ3v) is 4.75. The Bertz CT molecular complexity index is 778. The summed E-state index contributed by atoms with van der Waals surface area (Å²) in [5.41, 5.74) is 5.05. The number of anilines is 2. The molecule has 2 aromatic heterocycles. The van der Waals surface area contributed by atoms with E-state index in [1.165, 1.54) is 11.8 Å². The Labute approximate surface area is 142 Å². The van der Waals surface area contributed by atoms with E-state index >= 15 is 0 Å². The minimum absolute atomic E-state index is 0.132. The van der Waals surface area contributed by atoms with Gasteiger partial charge in [-0.15, -0.1) is 23.1 Å². The summed E-state index contributed by atoms with van der Waals surface area (Å²) in [7, 11) is 0. The number of aliphatic hydroxyl groups is 1. The van der Waals surface area contributed by atoms with E-state index in [9.17, 15) is 0 Å². The van der Waals surface area contributed by atoms with Crippen molar-refractivity contribution in [2.24, 2.45) is 0 Å². The Kier molecular flexibility index (Phi) is 5.22. The molecule has 7 heteroatoms. The van der Waals surface area contributed by atoms with Crippen molar-refractivity contribution in [3.63, 3.8) is 0 Å². The standard InChI is InChI=1S/C16H16N4OS2/c1-11-6-12(14-9-17-10-23-14)8-13(7-11)19-16-18-3-2-15(20-16)22-5-4-21/h2-3,6-10,21H,4-5H2,1H3,(H,18,19,20). The van der Waals surface area contributed by atoms with Crippen LogP contribution in [0, 0.1) is 6.92 Å². The molecule has 118 valence electrons. The predicted molar refractivity (Wildman–Crippen MR) is 95.4 cm³/mol. The lowest BCUT2D eigenvalue weighted by Crippen LogP contribution is -1.98. The Balaban J connectivity index is 1.83. The van der Waals surface area contributed by atoms with Crippen LogP contribution in [-0.2, 0) is 0 Å². The maximum atomic E-state index is 8.90. The van der Waals surface area contributed by atoms with Gasteiger partial charge >= 0.3 is 0 Å². The molecule has 0 aliphatic heterocycles. The summed E-state index contributed by atoms with van der Waals surface area (Å²) in [4.78, 5) is 14.0. The van der Waals surface area contributed by atoms with Crippen LogP contribution in [0.25, 0.3) is 10.4 Å². The van der Waals surface area contributed by atoms with Gasteiger partial charge in [0.1, 0.15) is 5.03 Å². The van der Waals surface area contributed by atoms with Gasteiger partial charge in [0.05, 0.1) is 17.0 Å². The topological polar surface area (TPSA) is 70.9 Å². The molecule has 23 heavy (non-hydrogen) atoms. The second-order valence-electron chi connectivity index (χ2n) is 4.87. The van der Waals surface area contributed by atoms with E-state index in [0.29, 0.717) is 11.7 Å². The van der Waals surface area contributed by atoms with Crippen molar-refractivity contribution in [2.45, 2.75) is 11.9 Å². The fourth-order valence-electron chi connectivity index (χ4n) is 2.12. The number of nitrogens with zero attached hydrogens (tertiary/aromatic N) is 3. The highest BCUT2D eigenvalue weighted by molar-refractivity contribution is 7.99. The van der Waals surface area contributed by atoms with E-state index in [2.05, 4.69) is 45.4 Å². The maximum absolute atomic E-state index is 8.90. The number of aromatic nitrogens is 3. The zero-order valence-corrected chi connectivity index (χ0v) is 14.2. The average Bonchev–Trinajstić information content (AvgIpc) is 3.07. The normalized spacial score (nSPS) is 10.7. The summed E-state index contributed by atoms with van der Waals surface area (Å²) in [5, 5.41) is 13.0. The molecule has 0 amide bonds. The summed E-state index contributed by atoms with van der Waals surface area (Å²) in [6.07, 6.45) is 3.58. The fourth-order valence-corrected chi connectivity index (χ4v) is 3.34. The minimum atomic E-state index is 0.132. The number of hydrogen-bond acceptors (Lipinski definition) is 7. The van der Waals surface area contributed by atoms with Crippen molar-refractivity contribution in [1.82, 2.24) is 15.0 Å². The van der Waals surface area contributed by atoms with Gasteiger partial charge in [-0.3, -0.25) is 4.98 Å². The lowest BCUT2D eigenvalue weighted by molar-refractivity contribution is 0.322. The van der Waals surface area contributed by atoms with Gasteiger partial charge in [0.15, 0.2) is 0 Å². The van der Waals surface area contributed by atoms with Crippen LogP contribution >= 0.6 is 23.1 Å². The van der Waals surface area contributed by atoms with Crippen molar-refractivity contribution >= 4 is 34.7 Å². The van der Waals surface area contributed by atoms with Crippen molar-refractivity contribution in [1.29, 1.82) is 0 Å². The molecule has 0 saturated carbocycles. The molecular weight excluding hydrogens is 328 g/mol. The highest BCUT2D eigenvalue weighted by Gasteiger charge is 2.05. The van der Waals surface area contributed by atoms with Crippen LogP contribution in [0.4, 0.5) is 11.6 Å². The Morgan fingerprint density at radius 3 is 3.00 bits per heavy atom. The highest BCUT2D eigenvalue weighted by Crippen LogP contribution is 2.28. The van der Waals surface area contributed by atoms with E-state index in [-0.39, 0.29) is 6.61 Å². The summed E-state index contributed by atoms with van der Waals surface area (Å²) in [5.74, 6) is 1.17. The Morgan fingerprint density at radius 1 is 1.30 bits per heavy atom. The number of nitrogens with one attached hydrogen (secondary N) is 1. The summed E-state index contributed by atoms with van der Waals surface area (Å²) in [6, 6.07) is 8.09. The molecule has 0 atom stereocenters. The van der Waals surface area contributed by atoms with Gasteiger partial charge < -0.3 is 10.4 Å². The van der Waals surface area contributed by atoms with Gasteiger partial charge in [0.25, 0.3) is 0 Å². The molecule has 3 aromatic rings. The second kappa shape index (κ2) is 7.54. The van der Waals surface area contributed by atoms with Crippen LogP contribution in [0.5, 0.6) is 0 Å². The molecule has 1 aromatic carbocycles. The molecule has 0 aliphatic carbocycles. The third-order valence-electron chi connectivity index (χ3n) is 3.02.